The molecule has 2 aromatic heterocycles. The van der Waals surface area contributed by atoms with E-state index in [1.807, 2.05) is 28.8 Å². The minimum Gasteiger partial charge on any atom is -0.457 e. The molecule has 0 unspecified atom stereocenters. The number of aliphatic hydroxyl groups excluding tert-OH is 1. The second kappa shape index (κ2) is 10.9. The van der Waals surface area contributed by atoms with Crippen molar-refractivity contribution in [2.75, 3.05) is 12.9 Å². The van der Waals surface area contributed by atoms with E-state index in [9.17, 15) is 13.5 Å². The summed E-state index contributed by atoms with van der Waals surface area (Å²) < 4.78 is 37.8. The lowest BCUT2D eigenvalue weighted by Crippen LogP contribution is -2.22. The van der Waals surface area contributed by atoms with Crippen LogP contribution in [0.2, 0.25) is 30.7 Å². The SMILES string of the molecule is C[Si](C)(C)CCOCn1c(-c2ccccn2)nc2cc(Oc3ccc(S(C)(=O)=O)c(Cl)c3)c(CO)cc21. The number of rotatable bonds is 10. The zero-order valence-corrected chi connectivity index (χ0v) is 23.8. The smallest absolute Gasteiger partial charge is 0.176 e. The number of sulfone groups is 1. The van der Waals surface area contributed by atoms with Gasteiger partial charge in [0.25, 0.3) is 0 Å². The lowest BCUT2D eigenvalue weighted by atomic mass is 10.2. The quantitative estimate of drug-likeness (QED) is 0.195. The predicted octanol–water partition coefficient (Wildman–Crippen LogP) is 5.75. The molecule has 8 nitrogen and oxygen atoms in total. The van der Waals surface area contributed by atoms with Gasteiger partial charge in [-0.1, -0.05) is 37.3 Å². The summed E-state index contributed by atoms with van der Waals surface area (Å²) in [6.45, 7) is 7.58. The third-order valence-electron chi connectivity index (χ3n) is 5.74. The molecule has 0 bridgehead atoms. The first-order valence-electron chi connectivity index (χ1n) is 11.8. The number of pyridine rings is 1. The first-order valence-corrected chi connectivity index (χ1v) is 17.7. The van der Waals surface area contributed by atoms with Crippen LogP contribution in [-0.2, 0) is 27.9 Å². The Labute approximate surface area is 222 Å². The van der Waals surface area contributed by atoms with Gasteiger partial charge < -0.3 is 14.6 Å². The molecular weight excluding hydrogens is 530 g/mol. The number of ether oxygens (including phenoxy) is 2. The van der Waals surface area contributed by atoms with E-state index in [1.54, 1.807) is 12.3 Å². The fraction of sp³-hybridized carbons (Fsp3) is 0.308. The maximum Gasteiger partial charge on any atom is 0.176 e. The lowest BCUT2D eigenvalue weighted by Gasteiger charge is -2.16. The van der Waals surface area contributed by atoms with Crippen LogP contribution in [0.5, 0.6) is 11.5 Å². The zero-order chi connectivity index (χ0) is 26.8. The van der Waals surface area contributed by atoms with Crippen molar-refractivity contribution in [1.29, 1.82) is 0 Å². The molecule has 37 heavy (non-hydrogen) atoms. The van der Waals surface area contributed by atoms with Gasteiger partial charge in [0.2, 0.25) is 0 Å². The summed E-state index contributed by atoms with van der Waals surface area (Å²) in [5.41, 5.74) is 2.64. The van der Waals surface area contributed by atoms with Gasteiger partial charge in [0.15, 0.2) is 15.7 Å². The van der Waals surface area contributed by atoms with Crippen molar-refractivity contribution < 1.29 is 23.0 Å². The summed E-state index contributed by atoms with van der Waals surface area (Å²) in [4.78, 5) is 9.30. The van der Waals surface area contributed by atoms with Gasteiger partial charge in [-0.3, -0.25) is 9.55 Å². The third kappa shape index (κ3) is 6.57. The summed E-state index contributed by atoms with van der Waals surface area (Å²) in [5.74, 6) is 1.37. The Bertz CT molecular complexity index is 1520. The van der Waals surface area contributed by atoms with Crippen molar-refractivity contribution in [1.82, 2.24) is 14.5 Å². The third-order valence-corrected chi connectivity index (χ3v) is 9.03. The number of hydrogen-bond acceptors (Lipinski definition) is 7. The van der Waals surface area contributed by atoms with Crippen LogP contribution in [0.1, 0.15) is 5.56 Å². The number of nitrogens with zero attached hydrogens (tertiary/aromatic N) is 3. The van der Waals surface area contributed by atoms with Crippen LogP contribution >= 0.6 is 11.6 Å². The van der Waals surface area contributed by atoms with Crippen molar-refractivity contribution >= 4 is 40.5 Å². The van der Waals surface area contributed by atoms with Gasteiger partial charge in [-0.05, 0) is 36.4 Å². The minimum atomic E-state index is -3.47. The molecule has 0 aliphatic carbocycles. The number of imidazole rings is 1. The molecule has 0 spiro atoms. The first-order chi connectivity index (χ1) is 17.5. The Morgan fingerprint density at radius 1 is 1.11 bits per heavy atom. The second-order valence-corrected chi connectivity index (χ2v) is 18.0. The highest BCUT2D eigenvalue weighted by molar-refractivity contribution is 7.90. The van der Waals surface area contributed by atoms with Gasteiger partial charge in [-0.15, -0.1) is 0 Å². The van der Waals surface area contributed by atoms with Crippen molar-refractivity contribution in [2.24, 2.45) is 0 Å². The zero-order valence-electron chi connectivity index (χ0n) is 21.2. The molecule has 0 aliphatic rings. The average molecular weight is 560 g/mol. The van der Waals surface area contributed by atoms with Crippen LogP contribution < -0.4 is 4.74 Å². The minimum absolute atomic E-state index is 0.0206. The van der Waals surface area contributed by atoms with Crippen molar-refractivity contribution in [3.05, 3.63) is 65.3 Å². The van der Waals surface area contributed by atoms with Crippen LogP contribution in [0.25, 0.3) is 22.6 Å². The van der Waals surface area contributed by atoms with Crippen molar-refractivity contribution in [3.63, 3.8) is 0 Å². The molecule has 0 saturated carbocycles. The molecule has 196 valence electrons. The van der Waals surface area contributed by atoms with Gasteiger partial charge in [0, 0.05) is 44.8 Å². The molecule has 0 aliphatic heterocycles. The molecule has 0 saturated heterocycles. The van der Waals surface area contributed by atoms with Crippen LogP contribution in [0.3, 0.4) is 0 Å². The number of aliphatic hydroxyl groups is 1. The molecule has 1 N–H and O–H groups in total. The number of benzene rings is 2. The van der Waals surface area contributed by atoms with Crippen LogP contribution in [0.15, 0.2) is 59.6 Å². The van der Waals surface area contributed by atoms with E-state index in [-0.39, 0.29) is 16.5 Å². The van der Waals surface area contributed by atoms with Crippen molar-refractivity contribution in [2.45, 2.75) is 43.9 Å². The van der Waals surface area contributed by atoms with Crippen LogP contribution in [-0.4, -0.2) is 49.0 Å². The molecule has 4 rings (SSSR count). The van der Waals surface area contributed by atoms with Crippen LogP contribution in [0.4, 0.5) is 0 Å². The molecule has 2 heterocycles. The lowest BCUT2D eigenvalue weighted by molar-refractivity contribution is 0.0909. The molecule has 2 aromatic carbocycles. The molecule has 4 aromatic rings. The number of aromatic nitrogens is 3. The van der Waals surface area contributed by atoms with E-state index in [1.165, 1.54) is 18.2 Å². The summed E-state index contributed by atoms with van der Waals surface area (Å²) in [7, 11) is -4.71. The highest BCUT2D eigenvalue weighted by Gasteiger charge is 2.19. The highest BCUT2D eigenvalue weighted by Crippen LogP contribution is 2.34. The van der Waals surface area contributed by atoms with Gasteiger partial charge in [-0.25, -0.2) is 13.4 Å². The maximum absolute atomic E-state index is 11.9. The highest BCUT2D eigenvalue weighted by atomic mass is 35.5. The predicted molar refractivity (Wildman–Crippen MR) is 148 cm³/mol. The second-order valence-electron chi connectivity index (χ2n) is 10.00. The normalized spacial score (nSPS) is 12.3. The summed E-state index contributed by atoms with van der Waals surface area (Å²) >= 11 is 6.19. The fourth-order valence-corrected chi connectivity index (χ4v) is 5.82. The topological polar surface area (TPSA) is 104 Å². The summed E-state index contributed by atoms with van der Waals surface area (Å²) in [5, 5.41) is 10.2. The molecule has 0 amide bonds. The standard InChI is InChI=1S/C26H30ClN3O5SSi/c1-36(32,33)25-9-8-19(14-20(25)27)35-24-15-22-23(13-18(24)16-31)30(17-34-11-12-37(2,3)4)26(29-22)21-7-5-6-10-28-21/h5-10,13-15,31H,11-12,16-17H2,1-4H3. The fourth-order valence-electron chi connectivity index (χ4n) is 3.74. The number of hydrogen-bond donors (Lipinski definition) is 1. The summed E-state index contributed by atoms with van der Waals surface area (Å²) in [6, 6.07) is 14.6. The Balaban J connectivity index is 1.73. The molecule has 0 atom stereocenters. The molecule has 0 fully saturated rings. The van der Waals surface area contributed by atoms with E-state index in [0.717, 1.165) is 17.8 Å². The Hall–Kier alpha value is -2.76. The first kappa shape index (κ1) is 27.3. The monoisotopic (exact) mass is 559 g/mol. The molecular formula is C26H30ClN3O5SSi. The summed E-state index contributed by atoms with van der Waals surface area (Å²) in [6.07, 6.45) is 2.81. The van der Waals surface area contributed by atoms with Gasteiger partial charge in [-0.2, -0.15) is 0 Å². The van der Waals surface area contributed by atoms with E-state index in [4.69, 9.17) is 26.1 Å². The van der Waals surface area contributed by atoms with E-state index < -0.39 is 17.9 Å². The van der Waals surface area contributed by atoms with Crippen molar-refractivity contribution in [3.8, 4) is 23.0 Å². The average Bonchev–Trinajstić information content (AvgIpc) is 3.17. The number of halogens is 1. The number of fused-ring (bicyclic) bond motifs is 1. The van der Waals surface area contributed by atoms with E-state index >= 15 is 0 Å². The molecule has 11 heteroatoms. The van der Waals surface area contributed by atoms with E-state index in [0.29, 0.717) is 47.4 Å². The van der Waals surface area contributed by atoms with Gasteiger partial charge in [0.1, 0.15) is 23.9 Å². The largest absolute Gasteiger partial charge is 0.457 e. The van der Waals surface area contributed by atoms with Gasteiger partial charge >= 0.3 is 0 Å². The van der Waals surface area contributed by atoms with Crippen LogP contribution in [0, 0.1) is 0 Å². The van der Waals surface area contributed by atoms with Gasteiger partial charge in [0.05, 0.1) is 27.6 Å². The Kier molecular flexibility index (Phi) is 8.05. The Morgan fingerprint density at radius 2 is 1.89 bits per heavy atom. The van der Waals surface area contributed by atoms with E-state index in [2.05, 4.69) is 24.6 Å². The molecule has 0 radical (unpaired) electrons. The maximum atomic E-state index is 11.9. The Morgan fingerprint density at radius 3 is 2.51 bits per heavy atom.